The first kappa shape index (κ1) is 24.1. The van der Waals surface area contributed by atoms with E-state index in [1.54, 1.807) is 13.0 Å². The van der Waals surface area contributed by atoms with E-state index in [1.165, 1.54) is 24.3 Å². The fourth-order valence-corrected chi connectivity index (χ4v) is 5.06. The number of benzene rings is 2. The van der Waals surface area contributed by atoms with Crippen LogP contribution in [0.15, 0.2) is 41.5 Å². The number of carbonyl (C=O) groups excluding carboxylic acids is 2. The summed E-state index contributed by atoms with van der Waals surface area (Å²) < 4.78 is 33.4. The summed E-state index contributed by atoms with van der Waals surface area (Å²) in [7, 11) is 0. The van der Waals surface area contributed by atoms with Crippen molar-refractivity contribution in [1.82, 2.24) is 10.7 Å². The summed E-state index contributed by atoms with van der Waals surface area (Å²) >= 11 is 5.76. The van der Waals surface area contributed by atoms with Crippen LogP contribution in [0.2, 0.25) is 5.02 Å². The van der Waals surface area contributed by atoms with Crippen molar-refractivity contribution in [2.45, 2.75) is 57.6 Å². The molecule has 2 aromatic carbocycles. The Labute approximate surface area is 201 Å². The Bertz CT molecular complexity index is 1150. The average Bonchev–Trinajstić information content (AvgIpc) is 2.76. The van der Waals surface area contributed by atoms with Crippen LogP contribution in [0.4, 0.5) is 13.6 Å². The number of hydrazone groups is 1. The molecule has 0 unspecified atom stereocenters. The first-order valence-electron chi connectivity index (χ1n) is 11.3. The molecule has 0 radical (unpaired) electrons. The number of halogens is 3. The van der Waals surface area contributed by atoms with E-state index in [0.29, 0.717) is 30.5 Å². The predicted molar refractivity (Wildman–Crippen MR) is 125 cm³/mol. The van der Waals surface area contributed by atoms with Crippen molar-refractivity contribution in [2.24, 2.45) is 11.0 Å². The van der Waals surface area contributed by atoms with Crippen molar-refractivity contribution in [3.8, 4) is 0 Å². The van der Waals surface area contributed by atoms with Crippen LogP contribution in [0.3, 0.4) is 0 Å². The fraction of sp³-hybridized carbons (Fsp3) is 0.400. The Kier molecular flexibility index (Phi) is 6.89. The second kappa shape index (κ2) is 9.70. The summed E-state index contributed by atoms with van der Waals surface area (Å²) in [6.45, 7) is 3.68. The van der Waals surface area contributed by atoms with E-state index >= 15 is 0 Å². The zero-order valence-electron chi connectivity index (χ0n) is 19.0. The number of amides is 2. The van der Waals surface area contributed by atoms with Crippen LogP contribution < -0.4 is 10.7 Å². The number of aryl methyl sites for hydroxylation is 1. The molecular formula is C25H26ClF2N3O3. The van der Waals surface area contributed by atoms with E-state index in [4.69, 9.17) is 16.3 Å². The SMILES string of the molecule is Cc1cc(F)ccc1C1=NNC(=O)OC12CCC(C[C@H](C)NC(=O)c1ccc(Cl)cc1F)CC2. The molecule has 0 aromatic heterocycles. The standard InChI is InChI=1S/C25H26ClF2N3O3/c1-14-11-18(27)4-6-19(14)22-25(34-24(33)31-30-22)9-7-16(8-10-25)12-15(2)29-23(32)20-5-3-17(26)13-21(20)28/h3-6,11,13,15-16H,7-10,12H2,1-2H3,(H,29,32)(H,31,33)/t15-,16?,25?/m0/s1. The third-order valence-electron chi connectivity index (χ3n) is 6.58. The van der Waals surface area contributed by atoms with Gasteiger partial charge < -0.3 is 10.1 Å². The van der Waals surface area contributed by atoms with Crippen molar-refractivity contribution in [1.29, 1.82) is 0 Å². The first-order valence-corrected chi connectivity index (χ1v) is 11.6. The van der Waals surface area contributed by atoms with Crippen LogP contribution in [-0.4, -0.2) is 29.4 Å². The van der Waals surface area contributed by atoms with Crippen LogP contribution in [0.1, 0.15) is 60.5 Å². The molecule has 9 heteroatoms. The molecular weight excluding hydrogens is 464 g/mol. The highest BCUT2D eigenvalue weighted by Gasteiger charge is 2.46. The maximum absolute atomic E-state index is 14.0. The molecule has 4 rings (SSSR count). The summed E-state index contributed by atoms with van der Waals surface area (Å²) in [5.74, 6) is -1.20. The average molecular weight is 490 g/mol. The number of nitrogens with zero attached hydrogens (tertiary/aromatic N) is 1. The molecule has 2 aliphatic rings. The minimum absolute atomic E-state index is 0.0454. The first-order chi connectivity index (χ1) is 16.2. The van der Waals surface area contributed by atoms with Gasteiger partial charge in [0.15, 0.2) is 5.60 Å². The van der Waals surface area contributed by atoms with Gasteiger partial charge in [-0.05, 0) is 93.8 Å². The lowest BCUT2D eigenvalue weighted by Gasteiger charge is -2.42. The number of ether oxygens (including phenoxy) is 1. The fourth-order valence-electron chi connectivity index (χ4n) is 4.90. The molecule has 1 atom stereocenters. The van der Waals surface area contributed by atoms with Gasteiger partial charge in [0.25, 0.3) is 5.91 Å². The summed E-state index contributed by atoms with van der Waals surface area (Å²) in [6, 6.07) is 8.25. The van der Waals surface area contributed by atoms with Gasteiger partial charge in [-0.1, -0.05) is 11.6 Å². The quantitative estimate of drug-likeness (QED) is 0.581. The zero-order chi connectivity index (χ0) is 24.5. The van der Waals surface area contributed by atoms with Gasteiger partial charge in [0.05, 0.1) is 5.56 Å². The van der Waals surface area contributed by atoms with Gasteiger partial charge in [0, 0.05) is 16.6 Å². The van der Waals surface area contributed by atoms with Crippen molar-refractivity contribution >= 4 is 29.3 Å². The monoisotopic (exact) mass is 489 g/mol. The molecule has 1 aliphatic heterocycles. The normalized spacial score (nSPS) is 23.0. The molecule has 0 bridgehead atoms. The van der Waals surface area contributed by atoms with E-state index in [-0.39, 0.29) is 28.4 Å². The van der Waals surface area contributed by atoms with Crippen molar-refractivity contribution < 1.29 is 23.1 Å². The van der Waals surface area contributed by atoms with Crippen LogP contribution in [-0.2, 0) is 4.74 Å². The smallest absolute Gasteiger partial charge is 0.428 e. The third-order valence-corrected chi connectivity index (χ3v) is 6.81. The summed E-state index contributed by atoms with van der Waals surface area (Å²) in [5, 5.41) is 7.37. The number of carbonyl (C=O) groups is 2. The largest absolute Gasteiger partial charge is 0.435 e. The lowest BCUT2D eigenvalue weighted by Crippen LogP contribution is -2.52. The Morgan fingerprint density at radius 1 is 1.26 bits per heavy atom. The van der Waals surface area contributed by atoms with Crippen LogP contribution in [0.25, 0.3) is 0 Å². The molecule has 180 valence electrons. The van der Waals surface area contributed by atoms with Crippen LogP contribution in [0.5, 0.6) is 0 Å². The van der Waals surface area contributed by atoms with E-state index in [2.05, 4.69) is 15.8 Å². The molecule has 1 aliphatic carbocycles. The van der Waals surface area contributed by atoms with Gasteiger partial charge in [-0.15, -0.1) is 0 Å². The molecule has 34 heavy (non-hydrogen) atoms. The highest BCUT2D eigenvalue weighted by atomic mass is 35.5. The molecule has 1 fully saturated rings. The number of nitrogens with one attached hydrogen (secondary N) is 2. The molecule has 1 spiro atoms. The highest BCUT2D eigenvalue weighted by Crippen LogP contribution is 2.41. The maximum Gasteiger partial charge on any atom is 0.428 e. The van der Waals surface area contributed by atoms with Crippen molar-refractivity contribution in [3.05, 3.63) is 69.7 Å². The molecule has 2 aromatic rings. The van der Waals surface area contributed by atoms with Gasteiger partial charge >= 0.3 is 6.09 Å². The number of hydrogen-bond acceptors (Lipinski definition) is 4. The molecule has 2 amide bonds. The maximum atomic E-state index is 14.0. The van der Waals surface area contributed by atoms with Gasteiger partial charge in [-0.3, -0.25) is 4.79 Å². The highest BCUT2D eigenvalue weighted by molar-refractivity contribution is 6.30. The second-order valence-electron chi connectivity index (χ2n) is 9.09. The Morgan fingerprint density at radius 2 is 2.00 bits per heavy atom. The van der Waals surface area contributed by atoms with Crippen molar-refractivity contribution in [2.75, 3.05) is 0 Å². The van der Waals surface area contributed by atoms with E-state index in [0.717, 1.165) is 24.5 Å². The Hall–Kier alpha value is -3.00. The number of rotatable bonds is 5. The molecule has 2 N–H and O–H groups in total. The summed E-state index contributed by atoms with van der Waals surface area (Å²) in [4.78, 5) is 24.5. The summed E-state index contributed by atoms with van der Waals surface area (Å²) in [5.41, 5.74) is 3.51. The second-order valence-corrected chi connectivity index (χ2v) is 9.53. The van der Waals surface area contributed by atoms with E-state index < -0.39 is 23.4 Å². The van der Waals surface area contributed by atoms with E-state index in [1.807, 2.05) is 6.92 Å². The minimum atomic E-state index is -0.875. The molecule has 1 heterocycles. The molecule has 0 saturated heterocycles. The third kappa shape index (κ3) is 5.06. The van der Waals surface area contributed by atoms with Gasteiger partial charge in [0.2, 0.25) is 0 Å². The summed E-state index contributed by atoms with van der Waals surface area (Å²) in [6.07, 6.45) is 2.73. The topological polar surface area (TPSA) is 79.8 Å². The number of hydrogen-bond donors (Lipinski definition) is 2. The minimum Gasteiger partial charge on any atom is -0.435 e. The van der Waals surface area contributed by atoms with E-state index in [9.17, 15) is 18.4 Å². The predicted octanol–water partition coefficient (Wildman–Crippen LogP) is 5.51. The van der Waals surface area contributed by atoms with Crippen LogP contribution >= 0.6 is 11.6 Å². The lowest BCUT2D eigenvalue weighted by atomic mass is 9.72. The zero-order valence-corrected chi connectivity index (χ0v) is 19.7. The van der Waals surface area contributed by atoms with Gasteiger partial charge in [0.1, 0.15) is 17.3 Å². The van der Waals surface area contributed by atoms with Gasteiger partial charge in [-0.25, -0.2) is 19.0 Å². The van der Waals surface area contributed by atoms with Crippen LogP contribution in [0, 0.1) is 24.5 Å². The molecule has 6 nitrogen and oxygen atoms in total. The Morgan fingerprint density at radius 3 is 2.68 bits per heavy atom. The lowest BCUT2D eigenvalue weighted by molar-refractivity contribution is 0.0154. The van der Waals surface area contributed by atoms with Crippen molar-refractivity contribution in [3.63, 3.8) is 0 Å². The van der Waals surface area contributed by atoms with Gasteiger partial charge in [-0.2, -0.15) is 5.10 Å². The Balaban J connectivity index is 1.41. The molecule has 1 saturated carbocycles.